The first-order chi connectivity index (χ1) is 11.2. The molecule has 0 aromatic carbocycles. The highest BCUT2D eigenvalue weighted by atomic mass is 16.4. The summed E-state index contributed by atoms with van der Waals surface area (Å²) in [5.41, 5.74) is 0. The van der Waals surface area contributed by atoms with Crippen LogP contribution in [0.3, 0.4) is 0 Å². The highest BCUT2D eigenvalue weighted by Crippen LogP contribution is 2.15. The Hall–Kier alpha value is -0.830. The lowest BCUT2D eigenvalue weighted by Crippen LogP contribution is -2.15. The average Bonchev–Trinajstić information content (AvgIpc) is 2.54. The van der Waals surface area contributed by atoms with Gasteiger partial charge in [-0.05, 0) is 38.5 Å². The van der Waals surface area contributed by atoms with Gasteiger partial charge in [-0.25, -0.2) is 0 Å². The van der Waals surface area contributed by atoms with E-state index >= 15 is 0 Å². The van der Waals surface area contributed by atoms with Crippen LogP contribution >= 0.6 is 0 Å². The minimum absolute atomic E-state index is 0.0274. The predicted molar refractivity (Wildman–Crippen MR) is 97.7 cm³/mol. The summed E-state index contributed by atoms with van der Waals surface area (Å²) < 4.78 is 0. The monoisotopic (exact) mass is 326 g/mol. The van der Waals surface area contributed by atoms with Crippen LogP contribution in [-0.2, 0) is 4.79 Å². The maximum absolute atomic E-state index is 10.9. The molecule has 0 spiro atoms. The molecule has 0 bridgehead atoms. The molecule has 0 rings (SSSR count). The van der Waals surface area contributed by atoms with Gasteiger partial charge in [0.15, 0.2) is 0 Å². The Balaban J connectivity index is 3.32. The van der Waals surface area contributed by atoms with Crippen molar-refractivity contribution in [3.63, 3.8) is 0 Å². The Morgan fingerprint density at radius 2 is 1.35 bits per heavy atom. The number of hydrogen-bond acceptors (Lipinski definition) is 2. The maximum atomic E-state index is 10.9. The van der Waals surface area contributed by atoms with E-state index in [2.05, 4.69) is 19.1 Å². The normalized spacial score (nSPS) is 12.8. The number of carboxylic acid groups (broad SMARTS) is 1. The van der Waals surface area contributed by atoms with Crippen molar-refractivity contribution >= 4 is 5.97 Å². The summed E-state index contributed by atoms with van der Waals surface area (Å²) >= 11 is 0. The molecule has 1 atom stereocenters. The van der Waals surface area contributed by atoms with Crippen LogP contribution in [0.2, 0.25) is 0 Å². The van der Waals surface area contributed by atoms with E-state index < -0.39 is 5.97 Å². The molecule has 0 aromatic rings. The zero-order chi connectivity index (χ0) is 17.2. The smallest absolute Gasteiger partial charge is 0.306 e. The number of carboxylic acids is 1. The van der Waals surface area contributed by atoms with Crippen molar-refractivity contribution in [2.75, 3.05) is 6.61 Å². The Morgan fingerprint density at radius 1 is 0.826 bits per heavy atom. The molecular formula is C20H38O3. The van der Waals surface area contributed by atoms with Gasteiger partial charge in [0.1, 0.15) is 0 Å². The molecule has 2 N–H and O–H groups in total. The van der Waals surface area contributed by atoms with Crippen molar-refractivity contribution in [3.05, 3.63) is 12.2 Å². The van der Waals surface area contributed by atoms with E-state index in [1.807, 2.05) is 0 Å². The largest absolute Gasteiger partial charge is 0.481 e. The molecule has 1 unspecified atom stereocenters. The van der Waals surface area contributed by atoms with E-state index in [9.17, 15) is 4.79 Å². The summed E-state index contributed by atoms with van der Waals surface area (Å²) in [6.45, 7) is 2.22. The van der Waals surface area contributed by atoms with Crippen LogP contribution in [0.1, 0.15) is 96.8 Å². The van der Waals surface area contributed by atoms with Crippen molar-refractivity contribution in [2.45, 2.75) is 96.8 Å². The molecule has 0 saturated heterocycles. The summed E-state index contributed by atoms with van der Waals surface area (Å²) in [6, 6.07) is 0. The SMILES string of the molecule is CCCCCCCC/C=C\CCCCCCC(CCO)C(=O)O. The molecule has 0 saturated carbocycles. The molecule has 0 aliphatic heterocycles. The molecule has 23 heavy (non-hydrogen) atoms. The Bertz CT molecular complexity index is 287. The van der Waals surface area contributed by atoms with Gasteiger partial charge in [0, 0.05) is 6.61 Å². The Labute approximate surface area is 143 Å². The number of aliphatic hydroxyl groups is 1. The van der Waals surface area contributed by atoms with Gasteiger partial charge in [0.05, 0.1) is 5.92 Å². The second-order valence-corrected chi connectivity index (χ2v) is 6.57. The molecule has 3 heteroatoms. The lowest BCUT2D eigenvalue weighted by atomic mass is 9.98. The average molecular weight is 327 g/mol. The fraction of sp³-hybridized carbons (Fsp3) is 0.850. The minimum Gasteiger partial charge on any atom is -0.481 e. The van der Waals surface area contributed by atoms with Crippen molar-refractivity contribution < 1.29 is 15.0 Å². The maximum Gasteiger partial charge on any atom is 0.306 e. The second-order valence-electron chi connectivity index (χ2n) is 6.57. The molecule has 0 amide bonds. The number of allylic oxidation sites excluding steroid dienone is 2. The lowest BCUT2D eigenvalue weighted by molar-refractivity contribution is -0.142. The van der Waals surface area contributed by atoms with Crippen molar-refractivity contribution in [3.8, 4) is 0 Å². The van der Waals surface area contributed by atoms with Gasteiger partial charge in [-0.2, -0.15) is 0 Å². The third kappa shape index (κ3) is 15.8. The summed E-state index contributed by atoms with van der Waals surface area (Å²) in [7, 11) is 0. The van der Waals surface area contributed by atoms with E-state index in [1.54, 1.807) is 0 Å². The summed E-state index contributed by atoms with van der Waals surface area (Å²) in [5, 5.41) is 17.8. The standard InChI is InChI=1S/C20H38O3/c1-2-3-4-5-6-7-8-9-10-11-12-13-14-15-16-19(17-18-21)20(22)23/h9-10,19,21H,2-8,11-18H2,1H3,(H,22,23)/b10-9-. The van der Waals surface area contributed by atoms with Gasteiger partial charge in [-0.1, -0.05) is 70.4 Å². The molecule has 0 aliphatic carbocycles. The number of hydrogen-bond donors (Lipinski definition) is 2. The van der Waals surface area contributed by atoms with E-state index in [-0.39, 0.29) is 12.5 Å². The molecule has 0 fully saturated rings. The van der Waals surface area contributed by atoms with Crippen molar-refractivity contribution in [1.82, 2.24) is 0 Å². The second kappa shape index (κ2) is 17.5. The number of aliphatic hydroxyl groups excluding tert-OH is 1. The van der Waals surface area contributed by atoms with E-state index in [4.69, 9.17) is 10.2 Å². The van der Waals surface area contributed by atoms with E-state index in [0.29, 0.717) is 12.8 Å². The highest BCUT2D eigenvalue weighted by molar-refractivity contribution is 5.69. The quantitative estimate of drug-likeness (QED) is 0.265. The molecule has 0 aliphatic rings. The van der Waals surface area contributed by atoms with Crippen LogP contribution in [0.15, 0.2) is 12.2 Å². The third-order valence-electron chi connectivity index (χ3n) is 4.39. The van der Waals surface area contributed by atoms with Crippen LogP contribution in [0.4, 0.5) is 0 Å². The predicted octanol–water partition coefficient (Wildman–Crippen LogP) is 5.72. The summed E-state index contributed by atoms with van der Waals surface area (Å²) in [5.74, 6) is -1.13. The molecular weight excluding hydrogens is 288 g/mol. The fourth-order valence-electron chi connectivity index (χ4n) is 2.83. The zero-order valence-electron chi connectivity index (χ0n) is 15.1. The number of carbonyl (C=O) groups is 1. The van der Waals surface area contributed by atoms with Gasteiger partial charge in [0.2, 0.25) is 0 Å². The Kier molecular flexibility index (Phi) is 16.9. The van der Waals surface area contributed by atoms with Crippen LogP contribution in [0.5, 0.6) is 0 Å². The first-order valence-electron chi connectivity index (χ1n) is 9.71. The molecule has 0 aromatic heterocycles. The van der Waals surface area contributed by atoms with Crippen LogP contribution < -0.4 is 0 Å². The highest BCUT2D eigenvalue weighted by Gasteiger charge is 2.15. The molecule has 0 heterocycles. The van der Waals surface area contributed by atoms with Crippen LogP contribution in [0, 0.1) is 5.92 Å². The van der Waals surface area contributed by atoms with Gasteiger partial charge >= 0.3 is 5.97 Å². The summed E-state index contributed by atoms with van der Waals surface area (Å²) in [4.78, 5) is 10.9. The topological polar surface area (TPSA) is 57.5 Å². The molecule has 136 valence electrons. The van der Waals surface area contributed by atoms with E-state index in [0.717, 1.165) is 19.3 Å². The fourth-order valence-corrected chi connectivity index (χ4v) is 2.83. The number of rotatable bonds is 17. The van der Waals surface area contributed by atoms with Crippen molar-refractivity contribution in [1.29, 1.82) is 0 Å². The van der Waals surface area contributed by atoms with Crippen LogP contribution in [0.25, 0.3) is 0 Å². The summed E-state index contributed by atoms with van der Waals surface area (Å²) in [6.07, 6.45) is 20.7. The van der Waals surface area contributed by atoms with Gasteiger partial charge in [0.25, 0.3) is 0 Å². The number of aliphatic carboxylic acids is 1. The molecule has 0 radical (unpaired) electrons. The lowest BCUT2D eigenvalue weighted by Gasteiger charge is -2.09. The minimum atomic E-state index is -0.767. The third-order valence-corrected chi connectivity index (χ3v) is 4.39. The first kappa shape index (κ1) is 22.2. The number of unbranched alkanes of at least 4 members (excludes halogenated alkanes) is 10. The van der Waals surface area contributed by atoms with E-state index in [1.165, 1.54) is 57.8 Å². The van der Waals surface area contributed by atoms with Crippen molar-refractivity contribution in [2.24, 2.45) is 5.92 Å². The molecule has 3 nitrogen and oxygen atoms in total. The van der Waals surface area contributed by atoms with Gasteiger partial charge < -0.3 is 10.2 Å². The first-order valence-corrected chi connectivity index (χ1v) is 9.71. The van der Waals surface area contributed by atoms with Gasteiger partial charge in [-0.15, -0.1) is 0 Å². The van der Waals surface area contributed by atoms with Gasteiger partial charge in [-0.3, -0.25) is 4.79 Å². The van der Waals surface area contributed by atoms with Crippen LogP contribution in [-0.4, -0.2) is 22.8 Å². The Morgan fingerprint density at radius 3 is 1.87 bits per heavy atom. The zero-order valence-corrected chi connectivity index (χ0v) is 15.1.